The number of aryl methyl sites for hydroxylation is 2. The van der Waals surface area contributed by atoms with E-state index in [1.165, 1.54) is 16.7 Å². The Bertz CT molecular complexity index is 644. The maximum atomic E-state index is 5.34. The summed E-state index contributed by atoms with van der Waals surface area (Å²) in [5.74, 6) is 0.992. The van der Waals surface area contributed by atoms with Crippen LogP contribution in [0.4, 0.5) is 0 Å². The topological polar surface area (TPSA) is 33.6 Å². The second kappa shape index (κ2) is 4.93. The monoisotopic (exact) mass is 275 g/mol. The summed E-state index contributed by atoms with van der Waals surface area (Å²) in [7, 11) is 0. The van der Waals surface area contributed by atoms with Crippen LogP contribution in [-0.4, -0.2) is 14.8 Å². The number of aromatic nitrogens is 3. The number of hydrogen-bond acceptors (Lipinski definition) is 2. The highest BCUT2D eigenvalue weighted by Crippen LogP contribution is 2.20. The number of H-pyrrole nitrogens is 1. The van der Waals surface area contributed by atoms with Crippen LogP contribution < -0.4 is 0 Å². The van der Waals surface area contributed by atoms with E-state index in [1.807, 2.05) is 0 Å². The van der Waals surface area contributed by atoms with Gasteiger partial charge in [0.05, 0.1) is 0 Å². The zero-order valence-corrected chi connectivity index (χ0v) is 13.1. The average Bonchev–Trinajstić information content (AvgIpc) is 2.64. The van der Waals surface area contributed by atoms with Crippen LogP contribution in [0.15, 0.2) is 18.2 Å². The van der Waals surface area contributed by atoms with Gasteiger partial charge in [0.15, 0.2) is 4.77 Å². The molecule has 2 aromatic rings. The summed E-state index contributed by atoms with van der Waals surface area (Å²) in [5, 5.41) is 7.31. The largest absolute Gasteiger partial charge is 0.298 e. The smallest absolute Gasteiger partial charge is 0.195 e. The van der Waals surface area contributed by atoms with E-state index in [4.69, 9.17) is 12.2 Å². The SMILES string of the molecule is Cc1ccc(C)c(Cc2n[nH]c(=S)n2C(C)(C)C)c1. The molecule has 0 amide bonds. The molecule has 2 rings (SSSR count). The third-order valence-corrected chi connectivity index (χ3v) is 3.54. The lowest BCUT2D eigenvalue weighted by molar-refractivity contribution is 0.380. The van der Waals surface area contributed by atoms with E-state index in [0.29, 0.717) is 4.77 Å². The van der Waals surface area contributed by atoms with E-state index in [1.54, 1.807) is 0 Å². The summed E-state index contributed by atoms with van der Waals surface area (Å²) < 4.78 is 2.79. The molecule has 1 N–H and O–H groups in total. The van der Waals surface area contributed by atoms with E-state index in [9.17, 15) is 0 Å². The molecule has 0 unspecified atom stereocenters. The molecule has 3 nitrogen and oxygen atoms in total. The standard InChI is InChI=1S/C15H21N3S/c1-10-6-7-11(2)12(8-10)9-13-16-17-14(19)18(13)15(3,4)5/h6-8H,9H2,1-5H3,(H,17,19). The van der Waals surface area contributed by atoms with Gasteiger partial charge in [0.25, 0.3) is 0 Å². The lowest BCUT2D eigenvalue weighted by atomic mass is 10.0. The summed E-state index contributed by atoms with van der Waals surface area (Å²) in [6.07, 6.45) is 0.803. The Morgan fingerprint density at radius 2 is 1.95 bits per heavy atom. The molecule has 0 aliphatic heterocycles. The van der Waals surface area contributed by atoms with Crippen LogP contribution >= 0.6 is 12.2 Å². The molecule has 0 atom stereocenters. The van der Waals surface area contributed by atoms with Gasteiger partial charge in [-0.25, -0.2) is 0 Å². The molecule has 1 heterocycles. The average molecular weight is 275 g/mol. The van der Waals surface area contributed by atoms with Crippen molar-refractivity contribution >= 4 is 12.2 Å². The molecule has 4 heteroatoms. The zero-order valence-electron chi connectivity index (χ0n) is 12.2. The molecule has 0 fully saturated rings. The van der Waals surface area contributed by atoms with Crippen molar-refractivity contribution in [2.24, 2.45) is 0 Å². The Hall–Kier alpha value is -1.42. The van der Waals surface area contributed by atoms with Gasteiger partial charge < -0.3 is 0 Å². The number of nitrogens with zero attached hydrogens (tertiary/aromatic N) is 2. The number of nitrogens with one attached hydrogen (secondary N) is 1. The Balaban J connectivity index is 2.45. The van der Waals surface area contributed by atoms with E-state index in [-0.39, 0.29) is 5.54 Å². The van der Waals surface area contributed by atoms with Crippen molar-refractivity contribution in [1.29, 1.82) is 0 Å². The quantitative estimate of drug-likeness (QED) is 0.843. The maximum Gasteiger partial charge on any atom is 0.195 e. The van der Waals surface area contributed by atoms with Gasteiger partial charge in [-0.2, -0.15) is 5.10 Å². The van der Waals surface area contributed by atoms with Crippen molar-refractivity contribution in [1.82, 2.24) is 14.8 Å². The van der Waals surface area contributed by atoms with Crippen LogP contribution in [0.3, 0.4) is 0 Å². The number of hydrogen-bond donors (Lipinski definition) is 1. The molecule has 0 aliphatic carbocycles. The lowest BCUT2D eigenvalue weighted by Gasteiger charge is -2.22. The molecule has 0 aliphatic rings. The van der Waals surface area contributed by atoms with Crippen LogP contribution in [-0.2, 0) is 12.0 Å². The number of benzene rings is 1. The van der Waals surface area contributed by atoms with Gasteiger partial charge >= 0.3 is 0 Å². The molecule has 19 heavy (non-hydrogen) atoms. The van der Waals surface area contributed by atoms with Crippen molar-refractivity contribution in [3.63, 3.8) is 0 Å². The van der Waals surface area contributed by atoms with E-state index >= 15 is 0 Å². The fraction of sp³-hybridized carbons (Fsp3) is 0.467. The molecule has 1 aromatic carbocycles. The molecule has 0 bridgehead atoms. The van der Waals surface area contributed by atoms with Crippen molar-refractivity contribution in [3.8, 4) is 0 Å². The van der Waals surface area contributed by atoms with Gasteiger partial charge in [-0.3, -0.25) is 9.67 Å². The fourth-order valence-electron chi connectivity index (χ4n) is 2.30. The molecular formula is C15H21N3S. The van der Waals surface area contributed by atoms with Crippen LogP contribution in [0.5, 0.6) is 0 Å². The molecule has 0 saturated carbocycles. The minimum absolute atomic E-state index is 0.0584. The Morgan fingerprint density at radius 3 is 2.58 bits per heavy atom. The van der Waals surface area contributed by atoms with Crippen molar-refractivity contribution in [2.75, 3.05) is 0 Å². The van der Waals surface area contributed by atoms with Gasteiger partial charge in [-0.15, -0.1) is 0 Å². The second-order valence-electron chi connectivity index (χ2n) is 6.06. The lowest BCUT2D eigenvalue weighted by Crippen LogP contribution is -2.24. The first-order valence-corrected chi connectivity index (χ1v) is 6.93. The van der Waals surface area contributed by atoms with Crippen molar-refractivity contribution in [2.45, 2.75) is 46.6 Å². The molecule has 0 spiro atoms. The van der Waals surface area contributed by atoms with Crippen LogP contribution in [0.1, 0.15) is 43.3 Å². The molecular weight excluding hydrogens is 254 g/mol. The van der Waals surface area contributed by atoms with Gasteiger partial charge in [0.1, 0.15) is 5.82 Å². The zero-order chi connectivity index (χ0) is 14.2. The first kappa shape index (κ1) is 14.0. The second-order valence-corrected chi connectivity index (χ2v) is 6.44. The van der Waals surface area contributed by atoms with Crippen molar-refractivity contribution in [3.05, 3.63) is 45.5 Å². The Morgan fingerprint density at radius 1 is 1.26 bits per heavy atom. The van der Waals surface area contributed by atoms with Gasteiger partial charge in [-0.05, 0) is 58.0 Å². The summed E-state index contributed by atoms with van der Waals surface area (Å²) in [6, 6.07) is 6.52. The summed E-state index contributed by atoms with van der Waals surface area (Å²) in [4.78, 5) is 0. The van der Waals surface area contributed by atoms with E-state index < -0.39 is 0 Å². The van der Waals surface area contributed by atoms with Gasteiger partial charge in [0, 0.05) is 12.0 Å². The van der Waals surface area contributed by atoms with Gasteiger partial charge in [0.2, 0.25) is 0 Å². The minimum Gasteiger partial charge on any atom is -0.298 e. The highest BCUT2D eigenvalue weighted by Gasteiger charge is 2.19. The molecule has 1 aromatic heterocycles. The highest BCUT2D eigenvalue weighted by molar-refractivity contribution is 7.71. The Kier molecular flexibility index (Phi) is 3.63. The predicted molar refractivity (Wildman–Crippen MR) is 81.1 cm³/mol. The van der Waals surface area contributed by atoms with E-state index in [0.717, 1.165) is 12.2 Å². The number of rotatable bonds is 2. The fourth-order valence-corrected chi connectivity index (χ4v) is 2.73. The minimum atomic E-state index is -0.0584. The summed E-state index contributed by atoms with van der Waals surface area (Å²) >= 11 is 5.34. The van der Waals surface area contributed by atoms with Crippen LogP contribution in [0, 0.1) is 18.6 Å². The van der Waals surface area contributed by atoms with Crippen molar-refractivity contribution < 1.29 is 0 Å². The summed E-state index contributed by atoms with van der Waals surface area (Å²) in [6.45, 7) is 10.7. The van der Waals surface area contributed by atoms with E-state index in [2.05, 4.69) is 67.6 Å². The first-order chi connectivity index (χ1) is 8.79. The third kappa shape index (κ3) is 2.95. The molecule has 0 saturated heterocycles. The molecule has 0 radical (unpaired) electrons. The normalized spacial score (nSPS) is 11.8. The summed E-state index contributed by atoms with van der Waals surface area (Å²) in [5.41, 5.74) is 3.81. The predicted octanol–water partition coefficient (Wildman–Crippen LogP) is 3.90. The molecule has 102 valence electrons. The van der Waals surface area contributed by atoms with Crippen LogP contribution in [0.25, 0.3) is 0 Å². The highest BCUT2D eigenvalue weighted by atomic mass is 32.1. The third-order valence-electron chi connectivity index (χ3n) is 3.27. The Labute approximate surface area is 119 Å². The maximum absolute atomic E-state index is 5.34. The van der Waals surface area contributed by atoms with Crippen LogP contribution in [0.2, 0.25) is 0 Å². The van der Waals surface area contributed by atoms with Gasteiger partial charge in [-0.1, -0.05) is 23.8 Å². The number of aromatic amines is 1. The first-order valence-electron chi connectivity index (χ1n) is 6.52.